The number of nitrogens with zero attached hydrogens (tertiary/aromatic N) is 1. The van der Waals surface area contributed by atoms with Gasteiger partial charge in [-0.05, 0) is 35.7 Å². The maximum Gasteiger partial charge on any atom is 0.315 e. The second-order valence-corrected chi connectivity index (χ2v) is 6.28. The lowest BCUT2D eigenvalue weighted by Crippen LogP contribution is -2.36. The monoisotopic (exact) mass is 336 g/mol. The van der Waals surface area contributed by atoms with Gasteiger partial charge in [-0.25, -0.2) is 4.79 Å². The summed E-state index contributed by atoms with van der Waals surface area (Å²) in [5, 5.41) is 7.02. The number of hydrogen-bond acceptors (Lipinski definition) is 2. The molecule has 0 saturated heterocycles. The van der Waals surface area contributed by atoms with E-state index in [0.717, 1.165) is 23.2 Å². The van der Waals surface area contributed by atoms with Crippen LogP contribution in [-0.4, -0.2) is 31.7 Å². The summed E-state index contributed by atoms with van der Waals surface area (Å²) in [6, 6.07) is 16.2. The molecule has 2 aromatic carbocycles. The van der Waals surface area contributed by atoms with Crippen molar-refractivity contribution in [2.45, 2.75) is 13.0 Å². The third kappa shape index (κ3) is 4.32. The summed E-state index contributed by atoms with van der Waals surface area (Å²) in [6.45, 7) is 1.12. The Hall–Kier alpha value is -2.95. The van der Waals surface area contributed by atoms with E-state index in [0.29, 0.717) is 13.1 Å². The van der Waals surface area contributed by atoms with Crippen molar-refractivity contribution >= 4 is 22.6 Å². The molecule has 0 aliphatic carbocycles. The molecule has 0 unspecified atom stereocenters. The van der Waals surface area contributed by atoms with Gasteiger partial charge in [0.05, 0.1) is 0 Å². The first-order chi connectivity index (χ1) is 12.1. The van der Waals surface area contributed by atoms with Gasteiger partial charge < -0.3 is 20.5 Å². The van der Waals surface area contributed by atoms with Crippen molar-refractivity contribution in [3.8, 4) is 0 Å². The zero-order valence-corrected chi connectivity index (χ0v) is 14.7. The SMILES string of the molecule is CN(C)c1ccc(CNC(=O)NCCc2c[nH]c3ccccc23)cc1. The van der Waals surface area contributed by atoms with E-state index in [-0.39, 0.29) is 6.03 Å². The first-order valence-electron chi connectivity index (χ1n) is 8.46. The zero-order valence-electron chi connectivity index (χ0n) is 14.7. The fourth-order valence-corrected chi connectivity index (χ4v) is 2.81. The molecule has 0 saturated carbocycles. The Morgan fingerprint density at radius 1 is 1.04 bits per heavy atom. The molecule has 0 aliphatic heterocycles. The number of carbonyl (C=O) groups is 1. The molecule has 0 aliphatic rings. The van der Waals surface area contributed by atoms with Crippen molar-refractivity contribution in [3.63, 3.8) is 0 Å². The van der Waals surface area contributed by atoms with E-state index < -0.39 is 0 Å². The molecule has 3 N–H and O–H groups in total. The third-order valence-electron chi connectivity index (χ3n) is 4.26. The highest BCUT2D eigenvalue weighted by Crippen LogP contribution is 2.17. The summed E-state index contributed by atoms with van der Waals surface area (Å²) in [6.07, 6.45) is 2.81. The van der Waals surface area contributed by atoms with Gasteiger partial charge in [0.1, 0.15) is 0 Å². The number of aromatic nitrogens is 1. The summed E-state index contributed by atoms with van der Waals surface area (Å²) in [5.74, 6) is 0. The van der Waals surface area contributed by atoms with E-state index in [1.807, 2.05) is 56.7 Å². The van der Waals surface area contributed by atoms with E-state index in [1.165, 1.54) is 10.9 Å². The smallest absolute Gasteiger partial charge is 0.315 e. The summed E-state index contributed by atoms with van der Waals surface area (Å²) in [7, 11) is 4.02. The van der Waals surface area contributed by atoms with Crippen LogP contribution in [0.4, 0.5) is 10.5 Å². The molecule has 25 heavy (non-hydrogen) atoms. The van der Waals surface area contributed by atoms with Crippen molar-refractivity contribution in [2.75, 3.05) is 25.5 Å². The number of rotatable bonds is 6. The van der Waals surface area contributed by atoms with E-state index in [1.54, 1.807) is 0 Å². The van der Waals surface area contributed by atoms with Crippen LogP contribution in [-0.2, 0) is 13.0 Å². The van der Waals surface area contributed by atoms with Crippen LogP contribution in [0.15, 0.2) is 54.7 Å². The standard InChI is InChI=1S/C20H24N4O/c1-24(2)17-9-7-15(8-10-17)13-23-20(25)21-12-11-16-14-22-19-6-4-3-5-18(16)19/h3-10,14,22H,11-13H2,1-2H3,(H2,21,23,25). The van der Waals surface area contributed by atoms with Crippen LogP contribution in [0.5, 0.6) is 0 Å². The number of fused-ring (bicyclic) bond motifs is 1. The van der Waals surface area contributed by atoms with Crippen molar-refractivity contribution in [3.05, 3.63) is 65.9 Å². The number of urea groups is 1. The molecule has 1 heterocycles. The maximum atomic E-state index is 11.9. The van der Waals surface area contributed by atoms with Gasteiger partial charge in [0.25, 0.3) is 0 Å². The van der Waals surface area contributed by atoms with E-state index >= 15 is 0 Å². The van der Waals surface area contributed by atoms with Gasteiger partial charge in [-0.1, -0.05) is 30.3 Å². The largest absolute Gasteiger partial charge is 0.378 e. The average molecular weight is 336 g/mol. The first kappa shape index (κ1) is 16.9. The molecule has 0 spiro atoms. The summed E-state index contributed by atoms with van der Waals surface area (Å²) < 4.78 is 0. The molecule has 1 aromatic heterocycles. The van der Waals surface area contributed by atoms with Gasteiger partial charge in [-0.15, -0.1) is 0 Å². The molecule has 0 radical (unpaired) electrons. The highest BCUT2D eigenvalue weighted by atomic mass is 16.2. The second kappa shape index (κ2) is 7.75. The minimum absolute atomic E-state index is 0.142. The van der Waals surface area contributed by atoms with E-state index in [9.17, 15) is 4.79 Å². The Balaban J connectivity index is 1.43. The van der Waals surface area contributed by atoms with Gasteiger partial charge in [-0.2, -0.15) is 0 Å². The lowest BCUT2D eigenvalue weighted by molar-refractivity contribution is 0.240. The predicted molar refractivity (Wildman–Crippen MR) is 103 cm³/mol. The quantitative estimate of drug-likeness (QED) is 0.647. The highest BCUT2D eigenvalue weighted by molar-refractivity contribution is 5.83. The molecule has 5 nitrogen and oxygen atoms in total. The molecular weight excluding hydrogens is 312 g/mol. The lowest BCUT2D eigenvalue weighted by Gasteiger charge is -2.13. The lowest BCUT2D eigenvalue weighted by atomic mass is 10.1. The highest BCUT2D eigenvalue weighted by Gasteiger charge is 2.04. The number of para-hydroxylation sites is 1. The number of benzene rings is 2. The predicted octanol–water partition coefficient (Wildman–Crippen LogP) is 3.28. The minimum atomic E-state index is -0.142. The molecule has 2 amide bonds. The molecule has 5 heteroatoms. The second-order valence-electron chi connectivity index (χ2n) is 6.28. The van der Waals surface area contributed by atoms with Gasteiger partial charge in [-0.3, -0.25) is 0 Å². The number of amides is 2. The number of nitrogens with one attached hydrogen (secondary N) is 3. The van der Waals surface area contributed by atoms with Gasteiger partial charge in [0.2, 0.25) is 0 Å². The normalized spacial score (nSPS) is 10.6. The third-order valence-corrected chi connectivity index (χ3v) is 4.26. The Morgan fingerprint density at radius 3 is 2.56 bits per heavy atom. The van der Waals surface area contributed by atoms with Crippen LogP contribution in [0, 0.1) is 0 Å². The molecule has 0 fully saturated rings. The number of anilines is 1. The summed E-state index contributed by atoms with van der Waals surface area (Å²) >= 11 is 0. The molecule has 0 atom stereocenters. The molecule has 3 rings (SSSR count). The van der Waals surface area contributed by atoms with Crippen molar-refractivity contribution in [1.82, 2.24) is 15.6 Å². The van der Waals surface area contributed by atoms with Crippen molar-refractivity contribution < 1.29 is 4.79 Å². The van der Waals surface area contributed by atoms with Crippen LogP contribution in [0.3, 0.4) is 0 Å². The van der Waals surface area contributed by atoms with E-state index in [4.69, 9.17) is 0 Å². The Morgan fingerprint density at radius 2 is 1.80 bits per heavy atom. The summed E-state index contributed by atoms with van der Waals surface area (Å²) in [4.78, 5) is 17.2. The van der Waals surface area contributed by atoms with Crippen LogP contribution in [0.2, 0.25) is 0 Å². The molecule has 0 bridgehead atoms. The number of aromatic amines is 1. The molecule has 3 aromatic rings. The summed E-state index contributed by atoms with van der Waals surface area (Å²) in [5.41, 5.74) is 4.57. The molecular formula is C20H24N4O. The van der Waals surface area contributed by atoms with Gasteiger partial charge >= 0.3 is 6.03 Å². The Bertz CT molecular complexity index is 836. The Labute approximate surface area is 148 Å². The zero-order chi connectivity index (χ0) is 17.6. The topological polar surface area (TPSA) is 60.2 Å². The van der Waals surface area contributed by atoms with Crippen LogP contribution < -0.4 is 15.5 Å². The van der Waals surface area contributed by atoms with Crippen molar-refractivity contribution in [1.29, 1.82) is 0 Å². The number of H-pyrrole nitrogens is 1. The fraction of sp³-hybridized carbons (Fsp3) is 0.250. The van der Waals surface area contributed by atoms with Crippen LogP contribution in [0.1, 0.15) is 11.1 Å². The van der Waals surface area contributed by atoms with E-state index in [2.05, 4.69) is 32.7 Å². The molecule has 130 valence electrons. The number of hydrogen-bond donors (Lipinski definition) is 3. The average Bonchev–Trinajstić information content (AvgIpc) is 3.04. The van der Waals surface area contributed by atoms with Gasteiger partial charge in [0.15, 0.2) is 0 Å². The minimum Gasteiger partial charge on any atom is -0.378 e. The fourth-order valence-electron chi connectivity index (χ4n) is 2.81. The maximum absolute atomic E-state index is 11.9. The number of carbonyl (C=O) groups excluding carboxylic acids is 1. The van der Waals surface area contributed by atoms with Crippen molar-refractivity contribution in [2.24, 2.45) is 0 Å². The van der Waals surface area contributed by atoms with Crippen LogP contribution >= 0.6 is 0 Å². The Kier molecular flexibility index (Phi) is 5.23. The van der Waals surface area contributed by atoms with Gasteiger partial charge in [0, 0.05) is 50.0 Å². The van der Waals surface area contributed by atoms with Crippen LogP contribution in [0.25, 0.3) is 10.9 Å². The first-order valence-corrected chi connectivity index (χ1v) is 8.46.